The maximum absolute atomic E-state index is 13.2. The molecule has 2 aromatic rings. The third-order valence-corrected chi connectivity index (χ3v) is 7.46. The summed E-state index contributed by atoms with van der Waals surface area (Å²) in [6.45, 7) is 3.46. The molecule has 2 fully saturated rings. The predicted octanol–water partition coefficient (Wildman–Crippen LogP) is 1.53. The van der Waals surface area contributed by atoms with Gasteiger partial charge in [-0.15, -0.1) is 0 Å². The van der Waals surface area contributed by atoms with E-state index in [1.807, 2.05) is 12.1 Å². The molecule has 0 spiro atoms. The molecule has 2 aliphatic heterocycles. The van der Waals surface area contributed by atoms with Gasteiger partial charge in [-0.2, -0.15) is 4.31 Å². The van der Waals surface area contributed by atoms with Crippen LogP contribution in [0, 0.1) is 5.82 Å². The second-order valence-corrected chi connectivity index (χ2v) is 9.46. The van der Waals surface area contributed by atoms with Gasteiger partial charge in [0.05, 0.1) is 18.1 Å². The van der Waals surface area contributed by atoms with Crippen LogP contribution in [0.3, 0.4) is 0 Å². The Morgan fingerprint density at radius 2 is 1.87 bits per heavy atom. The largest absolute Gasteiger partial charge is 0.378 e. The highest BCUT2D eigenvalue weighted by Gasteiger charge is 2.39. The Morgan fingerprint density at radius 1 is 1.13 bits per heavy atom. The highest BCUT2D eigenvalue weighted by Crippen LogP contribution is 2.26. The molecule has 166 valence electrons. The van der Waals surface area contributed by atoms with Crippen molar-refractivity contribution in [1.82, 2.24) is 14.6 Å². The summed E-state index contributed by atoms with van der Waals surface area (Å²) in [6.07, 6.45) is 2.75. The number of ether oxygens (including phenoxy) is 1. The molecule has 1 atom stereocenters. The fourth-order valence-electron chi connectivity index (χ4n) is 3.84. The van der Waals surface area contributed by atoms with Gasteiger partial charge in [0.2, 0.25) is 15.9 Å². The first-order valence-electron chi connectivity index (χ1n) is 10.3. The fourth-order valence-corrected chi connectivity index (χ4v) is 5.50. The van der Waals surface area contributed by atoms with E-state index >= 15 is 0 Å². The van der Waals surface area contributed by atoms with Crippen LogP contribution in [0.15, 0.2) is 47.5 Å². The molecule has 0 saturated carbocycles. The minimum atomic E-state index is -3.87. The van der Waals surface area contributed by atoms with Crippen LogP contribution >= 0.6 is 0 Å². The van der Waals surface area contributed by atoms with E-state index < -0.39 is 21.9 Å². The lowest BCUT2D eigenvalue weighted by molar-refractivity contribution is -0.124. The molecule has 4 rings (SSSR count). The van der Waals surface area contributed by atoms with E-state index in [-0.39, 0.29) is 23.9 Å². The van der Waals surface area contributed by atoms with Gasteiger partial charge in [-0.1, -0.05) is 6.07 Å². The standard InChI is InChI=1S/C21H25FN4O4S/c22-17-4-6-18(7-5-17)31(28,29)26-9-1-2-19(26)21(27)24-15-16-3-8-20(23-14-16)25-10-12-30-13-11-25/h3-8,14,19H,1-2,9-13,15H2,(H,24,27). The average Bonchev–Trinajstić information content (AvgIpc) is 3.30. The quantitative estimate of drug-likeness (QED) is 0.721. The Balaban J connectivity index is 1.38. The summed E-state index contributed by atoms with van der Waals surface area (Å²) in [6, 6.07) is 7.68. The highest BCUT2D eigenvalue weighted by atomic mass is 32.2. The number of carbonyl (C=O) groups is 1. The molecule has 1 unspecified atom stereocenters. The minimum absolute atomic E-state index is 0.0171. The van der Waals surface area contributed by atoms with Gasteiger partial charge < -0.3 is 15.0 Å². The molecule has 0 radical (unpaired) electrons. The minimum Gasteiger partial charge on any atom is -0.378 e. The van der Waals surface area contributed by atoms with Gasteiger partial charge in [-0.05, 0) is 48.7 Å². The number of halogens is 1. The molecule has 2 aliphatic rings. The van der Waals surface area contributed by atoms with E-state index in [4.69, 9.17) is 4.74 Å². The lowest BCUT2D eigenvalue weighted by atomic mass is 10.2. The van der Waals surface area contributed by atoms with Gasteiger partial charge in [0.15, 0.2) is 0 Å². The molecule has 31 heavy (non-hydrogen) atoms. The van der Waals surface area contributed by atoms with Crippen LogP contribution in [0.2, 0.25) is 0 Å². The van der Waals surface area contributed by atoms with Crippen molar-refractivity contribution in [3.8, 4) is 0 Å². The lowest BCUT2D eigenvalue weighted by Gasteiger charge is -2.27. The van der Waals surface area contributed by atoms with Gasteiger partial charge in [0.25, 0.3) is 0 Å². The average molecular weight is 449 g/mol. The third-order valence-electron chi connectivity index (χ3n) is 5.54. The maximum Gasteiger partial charge on any atom is 0.243 e. The van der Waals surface area contributed by atoms with Crippen LogP contribution in [-0.2, 0) is 26.1 Å². The van der Waals surface area contributed by atoms with Crippen molar-refractivity contribution in [3.05, 3.63) is 54.0 Å². The first kappa shape index (κ1) is 21.7. The molecule has 0 bridgehead atoms. The molecule has 1 amide bonds. The summed E-state index contributed by atoms with van der Waals surface area (Å²) in [7, 11) is -3.87. The number of anilines is 1. The second kappa shape index (κ2) is 9.29. The molecule has 1 N–H and O–H groups in total. The third kappa shape index (κ3) is 4.86. The van der Waals surface area contributed by atoms with Crippen molar-refractivity contribution in [2.45, 2.75) is 30.3 Å². The van der Waals surface area contributed by atoms with Crippen LogP contribution < -0.4 is 10.2 Å². The maximum atomic E-state index is 13.2. The van der Waals surface area contributed by atoms with E-state index in [1.165, 1.54) is 16.4 Å². The van der Waals surface area contributed by atoms with Crippen LogP contribution in [0.1, 0.15) is 18.4 Å². The molecule has 8 nitrogen and oxygen atoms in total. The Hall–Kier alpha value is -2.56. The molecular formula is C21H25FN4O4S. The van der Waals surface area contributed by atoms with Crippen LogP contribution in [-0.4, -0.2) is 62.5 Å². The van der Waals surface area contributed by atoms with Crippen molar-refractivity contribution < 1.29 is 22.3 Å². The molecule has 1 aromatic carbocycles. The molecule has 3 heterocycles. The number of hydrogen-bond donors (Lipinski definition) is 1. The summed E-state index contributed by atoms with van der Waals surface area (Å²) in [5.41, 5.74) is 0.830. The van der Waals surface area contributed by atoms with Gasteiger partial charge >= 0.3 is 0 Å². The van der Waals surface area contributed by atoms with E-state index in [0.717, 1.165) is 36.6 Å². The number of benzene rings is 1. The summed E-state index contributed by atoms with van der Waals surface area (Å²) in [4.78, 5) is 19.3. The summed E-state index contributed by atoms with van der Waals surface area (Å²) in [5.74, 6) is 0.00842. The topological polar surface area (TPSA) is 91.8 Å². The summed E-state index contributed by atoms with van der Waals surface area (Å²) in [5, 5.41) is 2.82. The number of aromatic nitrogens is 1. The normalized spacial score (nSPS) is 20.0. The van der Waals surface area contributed by atoms with Crippen molar-refractivity contribution in [1.29, 1.82) is 0 Å². The van der Waals surface area contributed by atoms with Crippen LogP contribution in [0.5, 0.6) is 0 Å². The molecule has 0 aliphatic carbocycles. The van der Waals surface area contributed by atoms with E-state index in [1.54, 1.807) is 6.20 Å². The lowest BCUT2D eigenvalue weighted by Crippen LogP contribution is -2.45. The van der Waals surface area contributed by atoms with Crippen LogP contribution in [0.4, 0.5) is 10.2 Å². The number of carbonyl (C=O) groups excluding carboxylic acids is 1. The van der Waals surface area contributed by atoms with Crippen molar-refractivity contribution >= 4 is 21.7 Å². The molecule has 2 saturated heterocycles. The Kier molecular flexibility index (Phi) is 6.49. The second-order valence-electron chi connectivity index (χ2n) is 7.57. The number of hydrogen-bond acceptors (Lipinski definition) is 6. The highest BCUT2D eigenvalue weighted by molar-refractivity contribution is 7.89. The first-order chi connectivity index (χ1) is 14.9. The van der Waals surface area contributed by atoms with Crippen LogP contribution in [0.25, 0.3) is 0 Å². The van der Waals surface area contributed by atoms with Crippen molar-refractivity contribution in [2.75, 3.05) is 37.7 Å². The van der Waals surface area contributed by atoms with Gasteiger partial charge in [0, 0.05) is 32.4 Å². The van der Waals surface area contributed by atoms with E-state index in [2.05, 4.69) is 15.2 Å². The zero-order valence-electron chi connectivity index (χ0n) is 17.0. The number of pyridine rings is 1. The zero-order chi connectivity index (χ0) is 21.8. The number of nitrogens with one attached hydrogen (secondary N) is 1. The Morgan fingerprint density at radius 3 is 2.55 bits per heavy atom. The summed E-state index contributed by atoms with van der Waals surface area (Å²) >= 11 is 0. The molecule has 1 aromatic heterocycles. The smallest absolute Gasteiger partial charge is 0.243 e. The molecule has 10 heteroatoms. The van der Waals surface area contributed by atoms with Crippen molar-refractivity contribution in [2.24, 2.45) is 0 Å². The molecular weight excluding hydrogens is 423 g/mol. The number of morpholine rings is 1. The Bertz CT molecular complexity index is 1010. The predicted molar refractivity (Wildman–Crippen MR) is 112 cm³/mol. The fraction of sp³-hybridized carbons (Fsp3) is 0.429. The SMILES string of the molecule is O=C(NCc1ccc(N2CCOCC2)nc1)C1CCCN1S(=O)(=O)c1ccc(F)cc1. The Labute approximate surface area is 181 Å². The van der Waals surface area contributed by atoms with E-state index in [9.17, 15) is 17.6 Å². The van der Waals surface area contributed by atoms with Gasteiger partial charge in [0.1, 0.15) is 17.7 Å². The summed E-state index contributed by atoms with van der Waals surface area (Å²) < 4.78 is 45.6. The number of nitrogens with zero attached hydrogens (tertiary/aromatic N) is 3. The first-order valence-corrected chi connectivity index (χ1v) is 11.7. The number of sulfonamides is 1. The van der Waals surface area contributed by atoms with Gasteiger partial charge in [-0.3, -0.25) is 4.79 Å². The number of rotatable bonds is 6. The monoisotopic (exact) mass is 448 g/mol. The van der Waals surface area contributed by atoms with Crippen molar-refractivity contribution in [3.63, 3.8) is 0 Å². The van der Waals surface area contributed by atoms with Gasteiger partial charge in [-0.25, -0.2) is 17.8 Å². The zero-order valence-corrected chi connectivity index (χ0v) is 17.9. The van der Waals surface area contributed by atoms with E-state index in [0.29, 0.717) is 26.1 Å². The number of amides is 1.